The summed E-state index contributed by atoms with van der Waals surface area (Å²) in [6.07, 6.45) is 7.46. The van der Waals surface area contributed by atoms with Crippen LogP contribution >= 0.6 is 0 Å². The SMILES string of the molecule is Cc1ccc(Cn2cc(C(=O)NCCCc3cnn(C)c3)c(-c3ccc(C)cc3)n2)cc1. The summed E-state index contributed by atoms with van der Waals surface area (Å²) in [5.41, 5.74) is 6.98. The molecule has 0 fully saturated rings. The summed E-state index contributed by atoms with van der Waals surface area (Å²) in [6.45, 7) is 5.34. The van der Waals surface area contributed by atoms with Crippen molar-refractivity contribution in [3.8, 4) is 11.3 Å². The van der Waals surface area contributed by atoms with Crippen molar-refractivity contribution in [2.45, 2.75) is 33.2 Å². The van der Waals surface area contributed by atoms with Crippen LogP contribution in [0.25, 0.3) is 11.3 Å². The van der Waals surface area contributed by atoms with Gasteiger partial charge in [-0.1, -0.05) is 59.7 Å². The maximum Gasteiger partial charge on any atom is 0.255 e. The number of rotatable bonds is 8. The van der Waals surface area contributed by atoms with Gasteiger partial charge in [0.2, 0.25) is 0 Å². The molecule has 6 nitrogen and oxygen atoms in total. The lowest BCUT2D eigenvalue weighted by molar-refractivity contribution is 0.0953. The first kappa shape index (κ1) is 21.6. The van der Waals surface area contributed by atoms with Gasteiger partial charge in [0.15, 0.2) is 0 Å². The van der Waals surface area contributed by atoms with Gasteiger partial charge in [0, 0.05) is 31.5 Å². The van der Waals surface area contributed by atoms with E-state index in [0.29, 0.717) is 24.3 Å². The highest BCUT2D eigenvalue weighted by Crippen LogP contribution is 2.23. The lowest BCUT2D eigenvalue weighted by Gasteiger charge is -2.05. The van der Waals surface area contributed by atoms with Crippen molar-refractivity contribution in [1.29, 1.82) is 0 Å². The van der Waals surface area contributed by atoms with Gasteiger partial charge in [-0.15, -0.1) is 0 Å². The third-order valence-electron chi connectivity index (χ3n) is 5.48. The van der Waals surface area contributed by atoms with Crippen LogP contribution in [0.3, 0.4) is 0 Å². The first-order valence-corrected chi connectivity index (χ1v) is 10.9. The van der Waals surface area contributed by atoms with Gasteiger partial charge in [0.1, 0.15) is 5.69 Å². The van der Waals surface area contributed by atoms with E-state index in [9.17, 15) is 4.79 Å². The van der Waals surface area contributed by atoms with Crippen molar-refractivity contribution < 1.29 is 4.79 Å². The quantitative estimate of drug-likeness (QED) is 0.426. The van der Waals surface area contributed by atoms with Gasteiger partial charge in [-0.2, -0.15) is 10.2 Å². The van der Waals surface area contributed by atoms with Gasteiger partial charge in [0.25, 0.3) is 5.91 Å². The van der Waals surface area contributed by atoms with Crippen molar-refractivity contribution in [2.24, 2.45) is 7.05 Å². The molecule has 4 aromatic rings. The van der Waals surface area contributed by atoms with E-state index in [-0.39, 0.29) is 5.91 Å². The van der Waals surface area contributed by atoms with E-state index in [1.54, 1.807) is 4.68 Å². The Morgan fingerprint density at radius 3 is 2.28 bits per heavy atom. The molecule has 2 aromatic heterocycles. The minimum Gasteiger partial charge on any atom is -0.352 e. The zero-order valence-corrected chi connectivity index (χ0v) is 18.9. The fourth-order valence-electron chi connectivity index (χ4n) is 3.66. The zero-order chi connectivity index (χ0) is 22.5. The molecule has 1 N–H and O–H groups in total. The van der Waals surface area contributed by atoms with Crippen molar-refractivity contribution in [2.75, 3.05) is 6.54 Å². The third-order valence-corrected chi connectivity index (χ3v) is 5.48. The van der Waals surface area contributed by atoms with Gasteiger partial charge < -0.3 is 5.32 Å². The van der Waals surface area contributed by atoms with E-state index in [2.05, 4.69) is 48.5 Å². The Balaban J connectivity index is 1.50. The standard InChI is InChI=1S/C26H29N5O/c1-19-6-10-21(11-7-19)17-31-18-24(25(29-31)23-12-8-20(2)9-13-23)26(32)27-14-4-5-22-15-28-30(3)16-22/h6-13,15-16,18H,4-5,14,17H2,1-3H3,(H,27,32). The Bertz CT molecular complexity index is 1190. The molecule has 0 saturated carbocycles. The molecule has 0 aliphatic carbocycles. The Morgan fingerprint density at radius 2 is 1.62 bits per heavy atom. The Labute approximate surface area is 188 Å². The van der Waals surface area contributed by atoms with Crippen LogP contribution in [0.15, 0.2) is 67.1 Å². The zero-order valence-electron chi connectivity index (χ0n) is 18.9. The minimum atomic E-state index is -0.0954. The summed E-state index contributed by atoms with van der Waals surface area (Å²) in [5.74, 6) is -0.0954. The number of amides is 1. The van der Waals surface area contributed by atoms with Crippen LogP contribution < -0.4 is 5.32 Å². The van der Waals surface area contributed by atoms with Crippen LogP contribution in [-0.2, 0) is 20.0 Å². The third kappa shape index (κ3) is 5.32. The molecular weight excluding hydrogens is 398 g/mol. The summed E-state index contributed by atoms with van der Waals surface area (Å²) in [5, 5.41) is 12.0. The van der Waals surface area contributed by atoms with Gasteiger partial charge >= 0.3 is 0 Å². The molecule has 0 spiro atoms. The average molecular weight is 428 g/mol. The number of aromatic nitrogens is 4. The van der Waals surface area contributed by atoms with E-state index < -0.39 is 0 Å². The average Bonchev–Trinajstić information content (AvgIpc) is 3.39. The highest BCUT2D eigenvalue weighted by atomic mass is 16.1. The number of carbonyl (C=O) groups excluding carboxylic acids is 1. The second kappa shape index (κ2) is 9.64. The van der Waals surface area contributed by atoms with Crippen LogP contribution in [0.5, 0.6) is 0 Å². The highest BCUT2D eigenvalue weighted by molar-refractivity contribution is 5.99. The Kier molecular flexibility index (Phi) is 6.50. The molecular formula is C26H29N5O. The monoisotopic (exact) mass is 427 g/mol. The van der Waals surface area contributed by atoms with E-state index in [1.165, 1.54) is 16.7 Å². The van der Waals surface area contributed by atoms with Crippen LogP contribution in [0.1, 0.15) is 39.0 Å². The van der Waals surface area contributed by atoms with E-state index in [1.807, 2.05) is 54.6 Å². The van der Waals surface area contributed by atoms with E-state index in [0.717, 1.165) is 24.0 Å². The van der Waals surface area contributed by atoms with Crippen molar-refractivity contribution in [3.63, 3.8) is 0 Å². The molecule has 0 aliphatic rings. The van der Waals surface area contributed by atoms with Gasteiger partial charge in [-0.05, 0) is 37.8 Å². The lowest BCUT2D eigenvalue weighted by Crippen LogP contribution is -2.25. The molecule has 2 heterocycles. The smallest absolute Gasteiger partial charge is 0.255 e. The van der Waals surface area contributed by atoms with Crippen LogP contribution in [0.2, 0.25) is 0 Å². The second-order valence-corrected chi connectivity index (χ2v) is 8.32. The normalized spacial score (nSPS) is 11.0. The maximum atomic E-state index is 13.1. The number of nitrogens with one attached hydrogen (secondary N) is 1. The molecule has 0 bridgehead atoms. The van der Waals surface area contributed by atoms with Gasteiger partial charge in [-0.25, -0.2) is 0 Å². The fraction of sp³-hybridized carbons (Fsp3) is 0.269. The number of nitrogens with zero attached hydrogens (tertiary/aromatic N) is 4. The van der Waals surface area contributed by atoms with Crippen molar-refractivity contribution in [3.05, 3.63) is 94.9 Å². The van der Waals surface area contributed by atoms with E-state index >= 15 is 0 Å². The number of hydrogen-bond donors (Lipinski definition) is 1. The summed E-state index contributed by atoms with van der Waals surface area (Å²) < 4.78 is 3.65. The molecule has 164 valence electrons. The number of carbonyl (C=O) groups is 1. The predicted molar refractivity (Wildman–Crippen MR) is 127 cm³/mol. The molecule has 4 rings (SSSR count). The van der Waals surface area contributed by atoms with Gasteiger partial charge in [0.05, 0.1) is 18.3 Å². The summed E-state index contributed by atoms with van der Waals surface area (Å²) in [6, 6.07) is 16.5. The molecule has 2 aromatic carbocycles. The molecule has 6 heteroatoms. The summed E-state index contributed by atoms with van der Waals surface area (Å²) >= 11 is 0. The molecule has 32 heavy (non-hydrogen) atoms. The number of aryl methyl sites for hydroxylation is 4. The highest BCUT2D eigenvalue weighted by Gasteiger charge is 2.18. The predicted octanol–water partition coefficient (Wildman–Crippen LogP) is 4.31. The Morgan fingerprint density at radius 1 is 0.938 bits per heavy atom. The van der Waals surface area contributed by atoms with Crippen LogP contribution in [0, 0.1) is 13.8 Å². The fourth-order valence-corrected chi connectivity index (χ4v) is 3.66. The van der Waals surface area contributed by atoms with Crippen LogP contribution in [-0.4, -0.2) is 32.0 Å². The van der Waals surface area contributed by atoms with Crippen molar-refractivity contribution >= 4 is 5.91 Å². The molecule has 0 atom stereocenters. The first-order chi connectivity index (χ1) is 15.5. The first-order valence-electron chi connectivity index (χ1n) is 10.9. The Hall–Kier alpha value is -3.67. The summed E-state index contributed by atoms with van der Waals surface area (Å²) in [4.78, 5) is 13.1. The molecule has 1 amide bonds. The van der Waals surface area contributed by atoms with E-state index in [4.69, 9.17) is 5.10 Å². The number of hydrogen-bond acceptors (Lipinski definition) is 3. The number of benzene rings is 2. The topological polar surface area (TPSA) is 64.7 Å². The van der Waals surface area contributed by atoms with Gasteiger partial charge in [-0.3, -0.25) is 14.2 Å². The lowest BCUT2D eigenvalue weighted by atomic mass is 10.1. The van der Waals surface area contributed by atoms with Crippen LogP contribution in [0.4, 0.5) is 0 Å². The summed E-state index contributed by atoms with van der Waals surface area (Å²) in [7, 11) is 1.91. The second-order valence-electron chi connectivity index (χ2n) is 8.32. The maximum absolute atomic E-state index is 13.1. The molecule has 0 aliphatic heterocycles. The largest absolute Gasteiger partial charge is 0.352 e. The molecule has 0 unspecified atom stereocenters. The minimum absolute atomic E-state index is 0.0954. The molecule has 0 radical (unpaired) electrons. The molecule has 0 saturated heterocycles. The van der Waals surface area contributed by atoms with Crippen molar-refractivity contribution in [1.82, 2.24) is 24.9 Å².